The summed E-state index contributed by atoms with van der Waals surface area (Å²) < 4.78 is 58.2. The maximum absolute atomic E-state index is 14.0. The fraction of sp³-hybridized carbons (Fsp3) is 0.552. The highest BCUT2D eigenvalue weighted by Gasteiger charge is 2.53. The number of sulfonamides is 1. The first kappa shape index (κ1) is 27.9. The highest BCUT2D eigenvalue weighted by molar-refractivity contribution is 8.00. The Morgan fingerprint density at radius 1 is 0.975 bits per heavy atom. The first-order valence-corrected chi connectivity index (χ1v) is 16.4. The summed E-state index contributed by atoms with van der Waals surface area (Å²) in [6.07, 6.45) is 5.86. The molecule has 216 valence electrons. The van der Waals surface area contributed by atoms with E-state index in [1.54, 1.807) is 17.0 Å². The standard InChI is InChI=1S/C29H35F2N3O4S2/c30-29(31)12-14-33(15-13-29)40(37,38)23-3-1-2-21(18-23)26(36)34-20-28(10-8-27(6-7-27)9-11-28)24-19-22(4-5-25(24)34)32-39-17-16-35/h1-5,18-19,32,35H,6-17,20H2. The maximum Gasteiger partial charge on any atom is 0.258 e. The van der Waals surface area contributed by atoms with Crippen LogP contribution in [0.4, 0.5) is 20.2 Å². The van der Waals surface area contributed by atoms with Crippen LogP contribution in [0.3, 0.4) is 0 Å². The quantitative estimate of drug-likeness (QED) is 0.331. The molecule has 0 radical (unpaired) electrons. The summed E-state index contributed by atoms with van der Waals surface area (Å²) in [7, 11) is -4.00. The van der Waals surface area contributed by atoms with Crippen LogP contribution in [-0.2, 0) is 15.4 Å². The molecule has 2 spiro atoms. The average molecular weight is 592 g/mol. The van der Waals surface area contributed by atoms with Gasteiger partial charge in [0.2, 0.25) is 10.0 Å². The molecular formula is C29H35F2N3O4S2. The third-order valence-electron chi connectivity index (χ3n) is 9.35. The summed E-state index contributed by atoms with van der Waals surface area (Å²) in [6, 6.07) is 12.0. The predicted molar refractivity (Wildman–Crippen MR) is 152 cm³/mol. The SMILES string of the molecule is O=C(c1cccc(S(=O)(=O)N2CCC(F)(F)CC2)c1)N1CC2(CCC3(CC3)CC2)c2cc(NSCCO)ccc21. The van der Waals surface area contributed by atoms with Gasteiger partial charge in [0.05, 0.1) is 11.5 Å². The molecule has 1 saturated heterocycles. The number of nitrogens with one attached hydrogen (secondary N) is 1. The zero-order valence-electron chi connectivity index (χ0n) is 22.4. The minimum Gasteiger partial charge on any atom is -0.395 e. The molecule has 11 heteroatoms. The summed E-state index contributed by atoms with van der Waals surface area (Å²) in [5.74, 6) is -2.55. The number of halogens is 2. The van der Waals surface area contributed by atoms with Gasteiger partial charge in [0.1, 0.15) is 0 Å². The predicted octanol–water partition coefficient (Wildman–Crippen LogP) is 5.41. The molecule has 0 unspecified atom stereocenters. The van der Waals surface area contributed by atoms with Gasteiger partial charge in [-0.25, -0.2) is 17.2 Å². The number of hydrogen-bond acceptors (Lipinski definition) is 6. The topological polar surface area (TPSA) is 90.0 Å². The van der Waals surface area contributed by atoms with Crippen molar-refractivity contribution in [1.82, 2.24) is 4.31 Å². The van der Waals surface area contributed by atoms with Crippen molar-refractivity contribution < 1.29 is 27.1 Å². The van der Waals surface area contributed by atoms with Gasteiger partial charge in [0.15, 0.2) is 0 Å². The van der Waals surface area contributed by atoms with Gasteiger partial charge in [-0.05, 0) is 85.9 Å². The van der Waals surface area contributed by atoms with Crippen LogP contribution in [0.2, 0.25) is 0 Å². The number of aliphatic hydroxyl groups excluding tert-OH is 1. The molecule has 7 nitrogen and oxygen atoms in total. The van der Waals surface area contributed by atoms with Crippen LogP contribution >= 0.6 is 11.9 Å². The van der Waals surface area contributed by atoms with E-state index in [-0.39, 0.29) is 41.5 Å². The second kappa shape index (κ2) is 10.3. The second-order valence-corrected chi connectivity index (χ2v) is 14.7. The van der Waals surface area contributed by atoms with Gasteiger partial charge in [-0.15, -0.1) is 0 Å². The lowest BCUT2D eigenvalue weighted by atomic mass is 9.66. The number of carbonyl (C=O) groups excluding carboxylic acids is 1. The van der Waals surface area contributed by atoms with E-state index >= 15 is 0 Å². The largest absolute Gasteiger partial charge is 0.395 e. The molecule has 40 heavy (non-hydrogen) atoms. The summed E-state index contributed by atoms with van der Waals surface area (Å²) in [6.45, 7) is 0.132. The van der Waals surface area contributed by atoms with E-state index in [4.69, 9.17) is 5.11 Å². The highest BCUT2D eigenvalue weighted by Crippen LogP contribution is 2.62. The fourth-order valence-corrected chi connectivity index (χ4v) is 8.58. The van der Waals surface area contributed by atoms with E-state index in [1.807, 2.05) is 12.1 Å². The van der Waals surface area contributed by atoms with Crippen molar-refractivity contribution >= 4 is 39.3 Å². The normalized spacial score (nSPS) is 22.8. The van der Waals surface area contributed by atoms with Crippen molar-refractivity contribution in [3.05, 3.63) is 53.6 Å². The maximum atomic E-state index is 14.0. The number of rotatable bonds is 7. The number of amides is 1. The Kier molecular flexibility index (Phi) is 7.16. The Labute approximate surface area is 238 Å². The van der Waals surface area contributed by atoms with Crippen LogP contribution in [-0.4, -0.2) is 61.7 Å². The Balaban J connectivity index is 1.28. The minimum absolute atomic E-state index is 0.0495. The number of fused-ring (bicyclic) bond motifs is 2. The number of nitrogens with zero attached hydrogens (tertiary/aromatic N) is 2. The molecular weight excluding hydrogens is 556 g/mol. The van der Waals surface area contributed by atoms with Crippen LogP contribution in [0, 0.1) is 5.41 Å². The van der Waals surface area contributed by atoms with Crippen molar-refractivity contribution in [3.8, 4) is 0 Å². The van der Waals surface area contributed by atoms with Crippen LogP contribution < -0.4 is 9.62 Å². The number of benzene rings is 2. The van der Waals surface area contributed by atoms with Crippen LogP contribution in [0.5, 0.6) is 0 Å². The number of piperidine rings is 1. The zero-order chi connectivity index (χ0) is 28.2. The second-order valence-electron chi connectivity index (χ2n) is 11.9. The van der Waals surface area contributed by atoms with Crippen LogP contribution in [0.15, 0.2) is 47.4 Å². The lowest BCUT2D eigenvalue weighted by molar-refractivity contribution is -0.0412. The van der Waals surface area contributed by atoms with Crippen molar-refractivity contribution in [1.29, 1.82) is 0 Å². The average Bonchev–Trinajstić information content (AvgIpc) is 3.64. The van der Waals surface area contributed by atoms with Crippen molar-refractivity contribution in [2.24, 2.45) is 5.41 Å². The number of aliphatic hydroxyl groups is 1. The van der Waals surface area contributed by atoms with Gasteiger partial charge < -0.3 is 14.7 Å². The van der Waals surface area contributed by atoms with Gasteiger partial charge in [-0.2, -0.15) is 4.31 Å². The van der Waals surface area contributed by atoms with E-state index in [1.165, 1.54) is 36.9 Å². The van der Waals surface area contributed by atoms with E-state index in [0.717, 1.165) is 46.9 Å². The number of anilines is 2. The van der Waals surface area contributed by atoms with E-state index < -0.39 is 28.8 Å². The molecule has 4 aliphatic rings. The molecule has 2 heterocycles. The molecule has 0 aromatic heterocycles. The molecule has 3 fully saturated rings. The molecule has 6 rings (SSSR count). The lowest BCUT2D eigenvalue weighted by Crippen LogP contribution is -2.42. The summed E-state index contributed by atoms with van der Waals surface area (Å²) in [4.78, 5) is 15.7. The van der Waals surface area contributed by atoms with Gasteiger partial charge in [-0.1, -0.05) is 18.0 Å². The molecule has 2 aliphatic heterocycles. The Morgan fingerprint density at radius 2 is 1.68 bits per heavy atom. The number of alkyl halides is 2. The summed E-state index contributed by atoms with van der Waals surface area (Å²) in [5.41, 5.74) is 3.52. The third kappa shape index (κ3) is 5.14. The summed E-state index contributed by atoms with van der Waals surface area (Å²) in [5, 5.41) is 9.15. The first-order valence-electron chi connectivity index (χ1n) is 14.0. The lowest BCUT2D eigenvalue weighted by Gasteiger charge is -2.38. The summed E-state index contributed by atoms with van der Waals surface area (Å²) >= 11 is 1.43. The molecule has 0 bridgehead atoms. The first-order chi connectivity index (χ1) is 19.1. The van der Waals surface area contributed by atoms with E-state index in [0.29, 0.717) is 17.7 Å². The van der Waals surface area contributed by atoms with Gasteiger partial charge in [0, 0.05) is 60.6 Å². The molecule has 0 atom stereocenters. The monoisotopic (exact) mass is 591 g/mol. The minimum atomic E-state index is -4.00. The van der Waals surface area contributed by atoms with Crippen molar-refractivity contribution in [3.63, 3.8) is 0 Å². The molecule has 1 amide bonds. The number of carbonyl (C=O) groups is 1. The van der Waals surface area contributed by atoms with E-state index in [2.05, 4.69) is 10.8 Å². The van der Waals surface area contributed by atoms with Crippen molar-refractivity contribution in [2.75, 3.05) is 41.6 Å². The smallest absolute Gasteiger partial charge is 0.258 e. The fourth-order valence-electron chi connectivity index (χ4n) is 6.61. The zero-order valence-corrected chi connectivity index (χ0v) is 24.0. The van der Waals surface area contributed by atoms with Gasteiger partial charge in [-0.3, -0.25) is 4.79 Å². The highest BCUT2D eigenvalue weighted by atomic mass is 32.2. The number of hydrogen-bond donors (Lipinski definition) is 2. The van der Waals surface area contributed by atoms with Crippen LogP contribution in [0.25, 0.3) is 0 Å². The van der Waals surface area contributed by atoms with Crippen LogP contribution in [0.1, 0.15) is 67.3 Å². The molecule has 2 aromatic carbocycles. The molecule has 2 aliphatic carbocycles. The Morgan fingerprint density at radius 3 is 2.35 bits per heavy atom. The molecule has 2 saturated carbocycles. The molecule has 2 N–H and O–H groups in total. The Hall–Kier alpha value is -2.21. The Bertz CT molecular complexity index is 1390. The third-order valence-corrected chi connectivity index (χ3v) is 12.0. The molecule has 2 aromatic rings. The van der Waals surface area contributed by atoms with Gasteiger partial charge >= 0.3 is 0 Å². The van der Waals surface area contributed by atoms with Gasteiger partial charge in [0.25, 0.3) is 11.8 Å². The van der Waals surface area contributed by atoms with Crippen molar-refractivity contribution in [2.45, 2.75) is 67.6 Å². The van der Waals surface area contributed by atoms with E-state index in [9.17, 15) is 22.0 Å².